The number of hydrogen-bond donors (Lipinski definition) is 1. The van der Waals surface area contributed by atoms with Gasteiger partial charge in [-0.1, -0.05) is 12.5 Å². The summed E-state index contributed by atoms with van der Waals surface area (Å²) in [5, 5.41) is 8.70. The van der Waals surface area contributed by atoms with Crippen LogP contribution in [0.4, 0.5) is 0 Å². The van der Waals surface area contributed by atoms with Crippen LogP contribution in [0.25, 0.3) is 5.65 Å². The lowest BCUT2D eigenvalue weighted by atomic mass is 10.0. The fraction of sp³-hybridized carbons (Fsp3) is 0.538. The standard InChI is InChI=1S/C13H19N5/c1-17-7-3-2-6-11(17)13-16-15-12-10(9-14)5-4-8-18(12)13/h4-5,8,11H,2-3,6-7,9,14H2,1H3. The molecule has 96 valence electrons. The summed E-state index contributed by atoms with van der Waals surface area (Å²) in [5.74, 6) is 1.04. The van der Waals surface area contributed by atoms with Crippen molar-refractivity contribution in [2.24, 2.45) is 5.73 Å². The van der Waals surface area contributed by atoms with Crippen molar-refractivity contribution < 1.29 is 0 Å². The molecule has 0 amide bonds. The average molecular weight is 245 g/mol. The Balaban J connectivity index is 2.07. The predicted octanol–water partition coefficient (Wildman–Crippen LogP) is 1.34. The van der Waals surface area contributed by atoms with Crippen LogP contribution in [-0.2, 0) is 6.54 Å². The van der Waals surface area contributed by atoms with Crippen molar-refractivity contribution in [3.8, 4) is 0 Å². The zero-order chi connectivity index (χ0) is 12.5. The van der Waals surface area contributed by atoms with Crippen molar-refractivity contribution in [1.29, 1.82) is 0 Å². The zero-order valence-corrected chi connectivity index (χ0v) is 10.7. The molecule has 1 unspecified atom stereocenters. The number of hydrogen-bond acceptors (Lipinski definition) is 4. The van der Waals surface area contributed by atoms with Gasteiger partial charge in [-0.05, 0) is 32.5 Å². The van der Waals surface area contributed by atoms with Crippen molar-refractivity contribution >= 4 is 5.65 Å². The van der Waals surface area contributed by atoms with E-state index in [0.717, 1.165) is 30.0 Å². The van der Waals surface area contributed by atoms with E-state index >= 15 is 0 Å². The molecule has 0 spiro atoms. The second kappa shape index (κ2) is 4.66. The van der Waals surface area contributed by atoms with Crippen LogP contribution in [0.5, 0.6) is 0 Å². The molecule has 0 aromatic carbocycles. The first-order valence-corrected chi connectivity index (χ1v) is 6.54. The molecule has 5 nitrogen and oxygen atoms in total. The van der Waals surface area contributed by atoms with E-state index in [1.165, 1.54) is 12.8 Å². The van der Waals surface area contributed by atoms with Crippen LogP contribution >= 0.6 is 0 Å². The number of nitrogens with two attached hydrogens (primary N) is 1. The lowest BCUT2D eigenvalue weighted by molar-refractivity contribution is 0.178. The van der Waals surface area contributed by atoms with Gasteiger partial charge >= 0.3 is 0 Å². The van der Waals surface area contributed by atoms with Crippen LogP contribution < -0.4 is 5.73 Å². The second-order valence-electron chi connectivity index (χ2n) is 4.98. The Bertz CT molecular complexity index is 547. The monoisotopic (exact) mass is 245 g/mol. The van der Waals surface area contributed by atoms with Crippen LogP contribution in [0, 0.1) is 0 Å². The van der Waals surface area contributed by atoms with Crippen molar-refractivity contribution in [2.75, 3.05) is 13.6 Å². The molecule has 0 saturated carbocycles. The SMILES string of the molecule is CN1CCCCC1c1nnc2c(CN)cccn12. The largest absolute Gasteiger partial charge is 0.326 e. The molecule has 1 atom stereocenters. The molecule has 2 aromatic rings. The maximum absolute atomic E-state index is 5.74. The molecule has 1 aliphatic heterocycles. The van der Waals surface area contributed by atoms with Crippen molar-refractivity contribution in [3.63, 3.8) is 0 Å². The summed E-state index contributed by atoms with van der Waals surface area (Å²) in [6, 6.07) is 4.41. The quantitative estimate of drug-likeness (QED) is 0.867. The Labute approximate surface area is 107 Å². The minimum atomic E-state index is 0.377. The van der Waals surface area contributed by atoms with E-state index in [4.69, 9.17) is 5.73 Å². The summed E-state index contributed by atoms with van der Waals surface area (Å²) in [5.41, 5.74) is 7.69. The number of pyridine rings is 1. The van der Waals surface area contributed by atoms with E-state index in [1.54, 1.807) is 0 Å². The van der Waals surface area contributed by atoms with E-state index < -0.39 is 0 Å². The van der Waals surface area contributed by atoms with Crippen molar-refractivity contribution in [2.45, 2.75) is 31.8 Å². The van der Waals surface area contributed by atoms with Crippen LogP contribution in [-0.4, -0.2) is 33.1 Å². The molecule has 0 bridgehead atoms. The third-order valence-electron chi connectivity index (χ3n) is 3.83. The summed E-state index contributed by atoms with van der Waals surface area (Å²) in [7, 11) is 2.16. The number of piperidine rings is 1. The van der Waals surface area contributed by atoms with E-state index in [-0.39, 0.29) is 0 Å². The normalized spacial score (nSPS) is 21.6. The summed E-state index contributed by atoms with van der Waals surface area (Å²) in [4.78, 5) is 2.37. The van der Waals surface area contributed by atoms with E-state index in [1.807, 2.05) is 18.3 Å². The maximum atomic E-state index is 5.74. The minimum Gasteiger partial charge on any atom is -0.326 e. The molecule has 1 saturated heterocycles. The number of nitrogens with zero attached hydrogens (tertiary/aromatic N) is 4. The number of rotatable bonds is 2. The van der Waals surface area contributed by atoms with Gasteiger partial charge in [-0.15, -0.1) is 10.2 Å². The minimum absolute atomic E-state index is 0.377. The molecule has 3 rings (SSSR count). The molecule has 2 aromatic heterocycles. The highest BCUT2D eigenvalue weighted by Crippen LogP contribution is 2.28. The van der Waals surface area contributed by atoms with Gasteiger partial charge in [-0.3, -0.25) is 9.30 Å². The molecule has 1 fully saturated rings. The van der Waals surface area contributed by atoms with Crippen LogP contribution in [0.3, 0.4) is 0 Å². The van der Waals surface area contributed by atoms with Crippen LogP contribution in [0.1, 0.15) is 36.7 Å². The van der Waals surface area contributed by atoms with E-state index in [2.05, 4.69) is 26.5 Å². The first-order valence-electron chi connectivity index (χ1n) is 6.54. The lowest BCUT2D eigenvalue weighted by Crippen LogP contribution is -2.30. The first-order chi connectivity index (χ1) is 8.81. The summed E-state index contributed by atoms with van der Waals surface area (Å²) in [6.45, 7) is 1.64. The van der Waals surface area contributed by atoms with Crippen LogP contribution in [0.2, 0.25) is 0 Å². The molecule has 18 heavy (non-hydrogen) atoms. The molecule has 5 heteroatoms. The molecule has 0 radical (unpaired) electrons. The van der Waals surface area contributed by atoms with Crippen LogP contribution in [0.15, 0.2) is 18.3 Å². The molecule has 2 N–H and O–H groups in total. The molecule has 3 heterocycles. The highest BCUT2D eigenvalue weighted by Gasteiger charge is 2.25. The van der Waals surface area contributed by atoms with Gasteiger partial charge in [-0.2, -0.15) is 0 Å². The Hall–Kier alpha value is -1.46. The van der Waals surface area contributed by atoms with Gasteiger partial charge in [0.05, 0.1) is 6.04 Å². The molecule has 0 aliphatic carbocycles. The number of aromatic nitrogens is 3. The van der Waals surface area contributed by atoms with Gasteiger partial charge in [-0.25, -0.2) is 0 Å². The van der Waals surface area contributed by atoms with Gasteiger partial charge in [0.2, 0.25) is 0 Å². The fourth-order valence-electron chi connectivity index (χ4n) is 2.78. The second-order valence-corrected chi connectivity index (χ2v) is 4.98. The lowest BCUT2D eigenvalue weighted by Gasteiger charge is -2.31. The van der Waals surface area contributed by atoms with Gasteiger partial charge in [0.25, 0.3) is 0 Å². The maximum Gasteiger partial charge on any atom is 0.165 e. The molecular formula is C13H19N5. The van der Waals surface area contributed by atoms with Crippen molar-refractivity contribution in [3.05, 3.63) is 29.7 Å². The Morgan fingerprint density at radius 3 is 3.06 bits per heavy atom. The number of likely N-dealkylation sites (tertiary alicyclic amines) is 1. The Kier molecular flexibility index (Phi) is 3.01. The predicted molar refractivity (Wildman–Crippen MR) is 70.1 cm³/mol. The Morgan fingerprint density at radius 1 is 1.39 bits per heavy atom. The third kappa shape index (κ3) is 1.79. The van der Waals surface area contributed by atoms with Gasteiger partial charge in [0, 0.05) is 18.3 Å². The van der Waals surface area contributed by atoms with Gasteiger partial charge in [0.15, 0.2) is 11.5 Å². The number of fused-ring (bicyclic) bond motifs is 1. The average Bonchev–Trinajstić information content (AvgIpc) is 2.83. The Morgan fingerprint density at radius 2 is 2.28 bits per heavy atom. The zero-order valence-electron chi connectivity index (χ0n) is 10.7. The molecule has 1 aliphatic rings. The summed E-state index contributed by atoms with van der Waals surface area (Å²) < 4.78 is 2.09. The topological polar surface area (TPSA) is 59.5 Å². The van der Waals surface area contributed by atoms with Gasteiger partial charge < -0.3 is 5.73 Å². The van der Waals surface area contributed by atoms with Gasteiger partial charge in [0.1, 0.15) is 0 Å². The third-order valence-corrected chi connectivity index (χ3v) is 3.83. The van der Waals surface area contributed by atoms with E-state index in [9.17, 15) is 0 Å². The highest BCUT2D eigenvalue weighted by molar-refractivity contribution is 5.47. The fourth-order valence-corrected chi connectivity index (χ4v) is 2.78. The first kappa shape index (κ1) is 11.6. The van der Waals surface area contributed by atoms with Crippen molar-refractivity contribution in [1.82, 2.24) is 19.5 Å². The molecular weight excluding hydrogens is 226 g/mol. The highest BCUT2D eigenvalue weighted by atomic mass is 15.3. The van der Waals surface area contributed by atoms with E-state index in [0.29, 0.717) is 12.6 Å². The smallest absolute Gasteiger partial charge is 0.165 e. The summed E-state index contributed by atoms with van der Waals surface area (Å²) in [6.07, 6.45) is 5.73. The summed E-state index contributed by atoms with van der Waals surface area (Å²) >= 11 is 0.